The highest BCUT2D eigenvalue weighted by Gasteiger charge is 2.56. The maximum absolute atomic E-state index is 12.7. The van der Waals surface area contributed by atoms with Crippen LogP contribution in [0.3, 0.4) is 0 Å². The van der Waals surface area contributed by atoms with Crippen molar-refractivity contribution in [2.75, 3.05) is 0 Å². The van der Waals surface area contributed by atoms with Crippen LogP contribution in [0.15, 0.2) is 222 Å². The van der Waals surface area contributed by atoms with Crippen molar-refractivity contribution in [3.63, 3.8) is 0 Å². The van der Waals surface area contributed by atoms with Gasteiger partial charge in [-0.15, -0.1) is 5.10 Å². The van der Waals surface area contributed by atoms with Gasteiger partial charge < -0.3 is 33.1 Å². The fraction of sp³-hybridized carbons (Fsp3) is 0.381. The summed E-state index contributed by atoms with van der Waals surface area (Å²) in [6.45, 7) is 67.1. The number of hydrogen-bond acceptors (Lipinski definition) is 15. The van der Waals surface area contributed by atoms with Crippen LogP contribution in [0.2, 0.25) is 0 Å². The number of allylic oxidation sites excluding steroid dienone is 10. The molecule has 15 atom stereocenters. The smallest absolute Gasteiger partial charge is 0.276 e. The van der Waals surface area contributed by atoms with Gasteiger partial charge in [0.25, 0.3) is 5.95 Å². The van der Waals surface area contributed by atoms with Crippen molar-refractivity contribution in [1.82, 2.24) is 77.9 Å². The number of para-hydroxylation sites is 2. The number of Topliss-reactive ketones (excluding diaryl/α,β-unsaturated/α-hetero) is 5. The third-order valence-corrected chi connectivity index (χ3v) is 32.7. The zero-order valence-corrected chi connectivity index (χ0v) is 83.3. The molecular weight excluding hydrogens is 1810 g/mol. The Morgan fingerprint density at radius 3 is 1.24 bits per heavy atom. The molecule has 0 aliphatic heterocycles. The summed E-state index contributed by atoms with van der Waals surface area (Å²) in [5, 5.41) is 12.8. The van der Waals surface area contributed by atoms with Crippen LogP contribution in [0.4, 0.5) is 0 Å². The van der Waals surface area contributed by atoms with E-state index < -0.39 is 16.2 Å². The molecule has 0 N–H and O–H groups in total. The molecule has 0 spiro atoms. The Labute approximate surface area is 825 Å². The number of hydrogen-bond donors (Lipinski definition) is 0. The third kappa shape index (κ3) is 16.0. The molecule has 8 aromatic heterocycles. The molecule has 26 nitrogen and oxygen atoms in total. The van der Waals surface area contributed by atoms with Crippen LogP contribution in [-0.4, -0.2) is 107 Å². The van der Waals surface area contributed by atoms with Gasteiger partial charge in [-0.2, -0.15) is 4.80 Å². The number of benzene rings is 4. The zero-order valence-electron chi connectivity index (χ0n) is 81.7. The van der Waals surface area contributed by atoms with E-state index in [1.807, 2.05) is 155 Å². The topological polar surface area (TPSA) is 266 Å². The van der Waals surface area contributed by atoms with E-state index in [9.17, 15) is 24.0 Å². The Bertz CT molecular complexity index is 7430. The summed E-state index contributed by atoms with van der Waals surface area (Å²) in [5.74, 6) is 4.02. The molecule has 0 bridgehead atoms. The molecule has 4 aromatic carbocycles. The highest BCUT2D eigenvalue weighted by atomic mass is 79.9. The van der Waals surface area contributed by atoms with Crippen molar-refractivity contribution < 1.29 is 24.0 Å². The summed E-state index contributed by atoms with van der Waals surface area (Å²) in [4.78, 5) is 115. The van der Waals surface area contributed by atoms with Crippen LogP contribution < -0.4 is 0 Å². The minimum Gasteiger partial charge on any atom is -0.332 e. The quantitative estimate of drug-likeness (QED) is 0.115. The van der Waals surface area contributed by atoms with Crippen LogP contribution in [0.1, 0.15) is 195 Å². The Kier molecular flexibility index (Phi) is 25.6. The lowest BCUT2D eigenvalue weighted by molar-refractivity contribution is -0.122. The predicted octanol–water partition coefficient (Wildman–Crippen LogP) is 21.4. The fourth-order valence-electron chi connectivity index (χ4n) is 25.0. The number of pyridine rings is 2. The molecule has 0 unspecified atom stereocenters. The van der Waals surface area contributed by atoms with Gasteiger partial charge in [0.1, 0.15) is 23.3 Å². The molecule has 140 heavy (non-hydrogen) atoms. The minimum absolute atomic E-state index is 0.00747. The molecule has 0 saturated carbocycles. The van der Waals surface area contributed by atoms with E-state index in [1.54, 1.807) is 25.6 Å². The standard InChI is InChI=1S/C26H24N4O.C25H22N4O.C23H23N7O.C20H18BrN3O.C19H25N3O/c1-16-21-10-11-23-25(26(21,3)14-22(27-4)24(16)31)29-17(2)30(23)20-9-5-7-18(13-20)19-8-6-12-28-15-19;1-16-19-9-10-21-23(25(19,2)15-20(26-3)22(16)30)28-24(17-11-13-27-14-12-17)29(21)18-7-5-4-6-8-18;1-13-8-6-7-9-15(13)21-25-20-18(30(21)22-26-28-29(5)27-22)11-10-16-14(2)19(31)17(24-4)12-23(16,20)3;1-12-14-9-10-16-18(20(14,2)11-15(22-3)17(12)25)23-19(21)24(16)13-7-5-4-6-8-13;1-6-7-10-22-13(3)21-18-16(22)9-8-14-12(2)17(23)15(20-5)11-19(14,18)4/h5-9,12-16,21H,10-11H2,1-3H3;4-8,11-16,19H,9-10H2,1-2H3;6-9,12,14,16H,10-11H2,1-3,5H3;4-8,11-12,14H,9-10H2,1-2H3;11-12,14H,6-10H2,1-4H3/t16-,21-,26-;16-,19-,25-;14-,16-,23-;12-,14-,20-;12-,14-,19-/m00000/s1. The Balaban J connectivity index is 0.000000116. The predicted molar refractivity (Wildman–Crippen MR) is 538 cm³/mol. The van der Waals surface area contributed by atoms with Crippen molar-refractivity contribution in [2.24, 2.45) is 66.2 Å². The number of tetrazole rings is 1. The molecule has 12 aromatic rings. The van der Waals surface area contributed by atoms with Gasteiger partial charge in [-0.05, 0) is 208 Å². The molecule has 0 fully saturated rings. The van der Waals surface area contributed by atoms with Gasteiger partial charge >= 0.3 is 0 Å². The van der Waals surface area contributed by atoms with Crippen molar-refractivity contribution in [3.8, 4) is 56.9 Å². The number of imidazole rings is 5. The van der Waals surface area contributed by atoms with Crippen molar-refractivity contribution in [2.45, 2.75) is 208 Å². The second-order valence-electron chi connectivity index (χ2n) is 40.1. The van der Waals surface area contributed by atoms with Gasteiger partial charge in [0, 0.05) is 145 Å². The zero-order chi connectivity index (χ0) is 99.1. The summed E-state index contributed by atoms with van der Waals surface area (Å²) in [6.07, 6.45) is 27.8. The fourth-order valence-corrected chi connectivity index (χ4v) is 25.6. The molecule has 22 rings (SSSR count). The van der Waals surface area contributed by atoms with Gasteiger partial charge in [-0.1, -0.05) is 197 Å². The molecule has 10 aliphatic carbocycles. The lowest BCUT2D eigenvalue weighted by Gasteiger charge is -2.44. The lowest BCUT2D eigenvalue weighted by atomic mass is 9.59. The van der Waals surface area contributed by atoms with E-state index in [4.69, 9.17) is 57.8 Å². The molecular formula is C113H112BrN21O5. The first-order chi connectivity index (χ1) is 67.2. The van der Waals surface area contributed by atoms with Crippen LogP contribution in [0.5, 0.6) is 0 Å². The summed E-state index contributed by atoms with van der Waals surface area (Å²) in [7, 11) is 1.74. The number of carbonyl (C=O) groups is 5. The second kappa shape index (κ2) is 37.5. The lowest BCUT2D eigenvalue weighted by Crippen LogP contribution is -2.45. The molecule has 0 amide bonds. The molecule has 706 valence electrons. The molecule has 8 heterocycles. The SMILES string of the molecule is [C-]#[N+]C1=C[C@]2(C)c3nc(-c4ccccc4C)n(-c4nnn(C)n4)c3CC[C@H]2[C@H](C)C1=O.[C-]#[N+]C1=C[C@]2(C)c3nc(-c4ccncc4)n(-c4ccccc4)c3CC[C@H]2[C@H](C)C1=O.[C-]#[N+]C1=C[C@]2(C)c3nc(Br)n(-c4ccccc4)c3CC[C@H]2[C@H](C)C1=O.[C-]#[N+]C1=C[C@]2(C)c3nc(C)n(-c4cccc(-c5cccnc5)c4)c3CC[C@H]2[C@H](C)C1=O.[C-]#[N+]C1=C[C@]2(C)c3nc(C)n(CCCC)c3CC[C@H]2[C@H](C)C1=O. The first-order valence-corrected chi connectivity index (χ1v) is 49.2. The first-order valence-electron chi connectivity index (χ1n) is 48.5. The maximum Gasteiger partial charge on any atom is 0.276 e. The first kappa shape index (κ1) is 95.6. The summed E-state index contributed by atoms with van der Waals surface area (Å²) in [5.41, 5.74) is 18.5. The Morgan fingerprint density at radius 2 is 0.793 bits per heavy atom. The van der Waals surface area contributed by atoms with E-state index in [0.717, 1.165) is 190 Å². The van der Waals surface area contributed by atoms with Gasteiger partial charge in [0.15, 0.2) is 33.6 Å². The van der Waals surface area contributed by atoms with Crippen LogP contribution >= 0.6 is 15.9 Å². The number of aromatic nitrogens is 16. The van der Waals surface area contributed by atoms with E-state index in [-0.39, 0.29) is 122 Å². The van der Waals surface area contributed by atoms with Crippen molar-refractivity contribution in [3.05, 3.63) is 353 Å². The number of ketones is 5. The highest BCUT2D eigenvalue weighted by molar-refractivity contribution is 9.10. The van der Waals surface area contributed by atoms with Gasteiger partial charge in [-0.25, -0.2) is 49.1 Å². The van der Waals surface area contributed by atoms with Crippen LogP contribution in [0.25, 0.3) is 81.1 Å². The Hall–Kier alpha value is -14.7. The van der Waals surface area contributed by atoms with E-state index in [0.29, 0.717) is 11.6 Å². The van der Waals surface area contributed by atoms with Crippen molar-refractivity contribution in [1.29, 1.82) is 0 Å². The van der Waals surface area contributed by atoms with E-state index in [1.165, 1.54) is 28.3 Å². The van der Waals surface area contributed by atoms with E-state index in [2.05, 4.69) is 200 Å². The van der Waals surface area contributed by atoms with Crippen LogP contribution in [0, 0.1) is 113 Å². The minimum atomic E-state index is -0.508. The largest absolute Gasteiger partial charge is 0.332 e. The molecule has 27 heteroatoms. The van der Waals surface area contributed by atoms with E-state index >= 15 is 0 Å². The molecule has 0 radical (unpaired) electrons. The summed E-state index contributed by atoms with van der Waals surface area (Å²) >= 11 is 3.62. The second-order valence-corrected chi connectivity index (χ2v) is 40.8. The number of halogens is 1. The maximum atomic E-state index is 12.7. The monoisotopic (exact) mass is 1920 g/mol. The Morgan fingerprint density at radius 1 is 0.400 bits per heavy atom. The van der Waals surface area contributed by atoms with Gasteiger partial charge in [0.05, 0.1) is 74.1 Å². The molecule has 0 saturated heterocycles. The summed E-state index contributed by atoms with van der Waals surface area (Å²) < 4.78 is 11.7. The number of fused-ring (bicyclic) bond motifs is 15. The third-order valence-electron chi connectivity index (χ3n) is 32.2. The number of carbonyl (C=O) groups excluding carboxylic acids is 5. The number of aryl methyl sites for hydroxylation is 4. The van der Waals surface area contributed by atoms with Crippen molar-refractivity contribution >= 4 is 44.8 Å². The number of nitrogens with zero attached hydrogens (tertiary/aromatic N) is 21. The van der Waals surface area contributed by atoms with Crippen LogP contribution in [-0.2, 0) is 96.7 Å². The van der Waals surface area contributed by atoms with Gasteiger partial charge in [-0.3, -0.25) is 23.7 Å². The normalized spacial score (nSPS) is 26.2. The number of unbranched alkanes of at least 4 members (excludes halogenated alkanes) is 1. The number of rotatable bonds is 10. The average Bonchev–Trinajstić information content (AvgIpc) is 1.55. The molecule has 10 aliphatic rings. The summed E-state index contributed by atoms with van der Waals surface area (Å²) in [6, 6.07) is 44.9. The highest BCUT2D eigenvalue weighted by Crippen LogP contribution is 2.57. The van der Waals surface area contributed by atoms with Gasteiger partial charge in [0.2, 0.25) is 28.5 Å². The average molecular weight is 1920 g/mol.